The quantitative estimate of drug-likeness (QED) is 0.406. The van der Waals surface area contributed by atoms with Crippen LogP contribution in [0.2, 0.25) is 0 Å². The largest absolute Gasteiger partial charge is 0.463 e. The standard InChI is InChI=1S/C12H7F15O3/c13-6(14,4-3-5(28)30-2-1-29-4)7(15,16)8(17,18)9(19,20)10(21,22)11(23,24)12(25,26)27/h4H,1-3H2. The lowest BCUT2D eigenvalue weighted by atomic mass is 9.88. The molecule has 30 heavy (non-hydrogen) atoms. The molecule has 3 nitrogen and oxygen atoms in total. The summed E-state index contributed by atoms with van der Waals surface area (Å²) in [4.78, 5) is 11.0. The summed E-state index contributed by atoms with van der Waals surface area (Å²) in [5.74, 6) is -49.1. The number of hydrogen-bond donors (Lipinski definition) is 0. The fraction of sp³-hybridized carbons (Fsp3) is 0.917. The van der Waals surface area contributed by atoms with E-state index in [2.05, 4.69) is 9.47 Å². The molecule has 1 unspecified atom stereocenters. The summed E-state index contributed by atoms with van der Waals surface area (Å²) in [6, 6.07) is 0. The lowest BCUT2D eigenvalue weighted by Gasteiger charge is -2.42. The van der Waals surface area contributed by atoms with Gasteiger partial charge in [0, 0.05) is 0 Å². The van der Waals surface area contributed by atoms with E-state index < -0.39 is 73.4 Å². The van der Waals surface area contributed by atoms with Gasteiger partial charge in [-0.1, -0.05) is 0 Å². The first kappa shape index (κ1) is 26.4. The van der Waals surface area contributed by atoms with Crippen LogP contribution in [-0.2, 0) is 14.3 Å². The summed E-state index contributed by atoms with van der Waals surface area (Å²) in [7, 11) is 0. The van der Waals surface area contributed by atoms with Crippen LogP contribution in [0.15, 0.2) is 0 Å². The number of alkyl halides is 15. The molecular formula is C12H7F15O3. The van der Waals surface area contributed by atoms with Gasteiger partial charge in [-0.2, -0.15) is 65.9 Å². The zero-order valence-electron chi connectivity index (χ0n) is 13.6. The molecule has 0 aromatic heterocycles. The Bertz CT molecular complexity index is 654. The summed E-state index contributed by atoms with van der Waals surface area (Å²) in [5.41, 5.74) is 0. The van der Waals surface area contributed by atoms with Crippen LogP contribution in [0.3, 0.4) is 0 Å². The fourth-order valence-electron chi connectivity index (χ4n) is 2.03. The minimum absolute atomic E-state index is 0.903. The number of carbonyl (C=O) groups excluding carboxylic acids is 1. The summed E-state index contributed by atoms with van der Waals surface area (Å²) in [5, 5.41) is 0. The van der Waals surface area contributed by atoms with Crippen molar-refractivity contribution in [2.24, 2.45) is 0 Å². The predicted molar refractivity (Wildman–Crippen MR) is 61.1 cm³/mol. The van der Waals surface area contributed by atoms with Gasteiger partial charge in [-0.25, -0.2) is 0 Å². The van der Waals surface area contributed by atoms with Crippen molar-refractivity contribution >= 4 is 5.97 Å². The molecule has 18 heteroatoms. The lowest BCUT2D eigenvalue weighted by Crippen LogP contribution is -2.73. The van der Waals surface area contributed by atoms with E-state index in [1.807, 2.05) is 0 Å². The van der Waals surface area contributed by atoms with E-state index in [-0.39, 0.29) is 0 Å². The van der Waals surface area contributed by atoms with E-state index in [1.165, 1.54) is 0 Å². The van der Waals surface area contributed by atoms with Gasteiger partial charge in [-0.15, -0.1) is 0 Å². The van der Waals surface area contributed by atoms with Gasteiger partial charge in [0.05, 0.1) is 13.0 Å². The van der Waals surface area contributed by atoms with Gasteiger partial charge >= 0.3 is 47.7 Å². The van der Waals surface area contributed by atoms with Crippen molar-refractivity contribution in [1.82, 2.24) is 0 Å². The van der Waals surface area contributed by atoms with Crippen LogP contribution in [-0.4, -0.2) is 67.0 Å². The smallest absolute Gasteiger partial charge is 0.460 e. The van der Waals surface area contributed by atoms with Crippen LogP contribution in [0.1, 0.15) is 6.42 Å². The van der Waals surface area contributed by atoms with Gasteiger partial charge in [0.1, 0.15) is 12.7 Å². The number of cyclic esters (lactones) is 1. The van der Waals surface area contributed by atoms with Gasteiger partial charge in [-0.05, 0) is 0 Å². The van der Waals surface area contributed by atoms with Crippen molar-refractivity contribution in [3.63, 3.8) is 0 Å². The normalized spacial score (nSPS) is 21.3. The van der Waals surface area contributed by atoms with Gasteiger partial charge in [0.15, 0.2) is 0 Å². The summed E-state index contributed by atoms with van der Waals surface area (Å²) in [6.45, 7) is -2.09. The van der Waals surface area contributed by atoms with E-state index in [4.69, 9.17) is 0 Å². The molecule has 0 aliphatic carbocycles. The van der Waals surface area contributed by atoms with Crippen molar-refractivity contribution < 1.29 is 80.1 Å². The molecular weight excluding hydrogens is 477 g/mol. The Morgan fingerprint density at radius 1 is 0.600 bits per heavy atom. The molecule has 0 bridgehead atoms. The molecule has 0 aromatic carbocycles. The lowest BCUT2D eigenvalue weighted by molar-refractivity contribution is -0.456. The van der Waals surface area contributed by atoms with Crippen molar-refractivity contribution in [3.8, 4) is 0 Å². The molecule has 0 saturated carbocycles. The highest BCUT2D eigenvalue weighted by Crippen LogP contribution is 2.62. The van der Waals surface area contributed by atoms with Crippen LogP contribution < -0.4 is 0 Å². The topological polar surface area (TPSA) is 35.5 Å². The maximum absolute atomic E-state index is 13.8. The second-order valence-corrected chi connectivity index (χ2v) is 5.78. The van der Waals surface area contributed by atoms with Crippen molar-refractivity contribution in [3.05, 3.63) is 0 Å². The molecule has 0 amide bonds. The van der Waals surface area contributed by atoms with Crippen LogP contribution >= 0.6 is 0 Å². The molecule has 0 radical (unpaired) electrons. The predicted octanol–water partition coefficient (Wildman–Crippen LogP) is 4.69. The Balaban J connectivity index is 3.52. The number of rotatable bonds is 6. The van der Waals surface area contributed by atoms with Gasteiger partial charge in [-0.3, -0.25) is 4.79 Å². The first-order valence-electron chi connectivity index (χ1n) is 7.11. The van der Waals surface area contributed by atoms with E-state index in [1.54, 1.807) is 0 Å². The number of esters is 1. The minimum atomic E-state index is -8.38. The average Bonchev–Trinajstić information content (AvgIpc) is 2.77. The Morgan fingerprint density at radius 2 is 1.00 bits per heavy atom. The Kier molecular flexibility index (Phi) is 6.36. The van der Waals surface area contributed by atoms with Crippen LogP contribution in [0, 0.1) is 0 Å². The number of carbonyl (C=O) groups is 1. The van der Waals surface area contributed by atoms with Crippen molar-refractivity contribution in [2.45, 2.75) is 54.2 Å². The molecule has 0 spiro atoms. The van der Waals surface area contributed by atoms with Crippen LogP contribution in [0.25, 0.3) is 0 Å². The molecule has 1 saturated heterocycles. The van der Waals surface area contributed by atoms with Gasteiger partial charge < -0.3 is 9.47 Å². The Morgan fingerprint density at radius 3 is 1.43 bits per heavy atom. The third-order valence-electron chi connectivity index (χ3n) is 3.77. The van der Waals surface area contributed by atoms with E-state index in [0.717, 1.165) is 0 Å². The molecule has 1 aliphatic heterocycles. The molecule has 0 N–H and O–H groups in total. The van der Waals surface area contributed by atoms with E-state index in [9.17, 15) is 70.7 Å². The van der Waals surface area contributed by atoms with Crippen LogP contribution in [0.5, 0.6) is 0 Å². The summed E-state index contributed by atoms with van der Waals surface area (Å²) < 4.78 is 204. The maximum Gasteiger partial charge on any atom is 0.460 e. The summed E-state index contributed by atoms with van der Waals surface area (Å²) >= 11 is 0. The molecule has 1 rings (SSSR count). The van der Waals surface area contributed by atoms with E-state index in [0.29, 0.717) is 0 Å². The SMILES string of the molecule is O=C1CC(C(F)(F)C(F)(F)C(F)(F)C(F)(F)C(F)(F)C(F)(F)C(F)(F)F)OCCO1. The molecule has 1 atom stereocenters. The highest BCUT2D eigenvalue weighted by atomic mass is 19.4. The third-order valence-corrected chi connectivity index (χ3v) is 3.77. The fourth-order valence-corrected chi connectivity index (χ4v) is 2.03. The zero-order valence-corrected chi connectivity index (χ0v) is 13.6. The van der Waals surface area contributed by atoms with Gasteiger partial charge in [0.25, 0.3) is 0 Å². The monoisotopic (exact) mass is 484 g/mol. The number of ether oxygens (including phenoxy) is 2. The first-order valence-corrected chi connectivity index (χ1v) is 7.11. The Hall–Kier alpha value is -1.62. The Labute approximate surface area is 155 Å². The maximum atomic E-state index is 13.8. The molecule has 0 aromatic rings. The molecule has 1 heterocycles. The average molecular weight is 484 g/mol. The molecule has 178 valence electrons. The first-order chi connectivity index (χ1) is 13.0. The highest BCUT2D eigenvalue weighted by Gasteiger charge is 2.93. The summed E-state index contributed by atoms with van der Waals surface area (Å²) in [6.07, 6.45) is -13.4. The molecule has 1 aliphatic rings. The van der Waals surface area contributed by atoms with Crippen LogP contribution in [0.4, 0.5) is 65.9 Å². The van der Waals surface area contributed by atoms with Crippen molar-refractivity contribution in [1.29, 1.82) is 0 Å². The second kappa shape index (κ2) is 7.22. The van der Waals surface area contributed by atoms with Gasteiger partial charge in [0.2, 0.25) is 0 Å². The zero-order chi connectivity index (χ0) is 24.2. The third kappa shape index (κ3) is 3.53. The van der Waals surface area contributed by atoms with Crippen molar-refractivity contribution in [2.75, 3.05) is 13.2 Å². The second-order valence-electron chi connectivity index (χ2n) is 5.78. The number of hydrogen-bond acceptors (Lipinski definition) is 3. The van der Waals surface area contributed by atoms with E-state index >= 15 is 0 Å². The number of halogens is 15. The molecule has 1 fully saturated rings. The minimum Gasteiger partial charge on any atom is -0.463 e. The highest BCUT2D eigenvalue weighted by molar-refractivity contribution is 5.70.